The van der Waals surface area contributed by atoms with Gasteiger partial charge in [-0.2, -0.15) is 5.26 Å². The first kappa shape index (κ1) is 16.4. The third kappa shape index (κ3) is 4.78. The second-order valence-corrected chi connectivity index (χ2v) is 6.45. The van der Waals surface area contributed by atoms with E-state index in [0.717, 1.165) is 17.7 Å². The molecule has 1 aliphatic rings. The smallest absolute Gasteiger partial charge is 0.316 e. The summed E-state index contributed by atoms with van der Waals surface area (Å²) in [5.74, 6) is -0.538. The normalized spacial score (nSPS) is 16.2. The van der Waals surface area contributed by atoms with Crippen molar-refractivity contribution >= 4 is 23.6 Å². The number of nitriles is 1. The van der Waals surface area contributed by atoms with Crippen LogP contribution in [0.1, 0.15) is 19.8 Å². The van der Waals surface area contributed by atoms with Crippen LogP contribution in [0.5, 0.6) is 0 Å². The average molecular weight is 318 g/mol. The Labute approximate surface area is 134 Å². The van der Waals surface area contributed by atoms with E-state index in [4.69, 9.17) is 10.00 Å². The molecule has 0 aromatic heterocycles. The van der Waals surface area contributed by atoms with Gasteiger partial charge < -0.3 is 10.1 Å². The second kappa shape index (κ2) is 7.32. The lowest BCUT2D eigenvalue weighted by Crippen LogP contribution is -2.48. The van der Waals surface area contributed by atoms with Crippen molar-refractivity contribution in [1.29, 1.82) is 5.26 Å². The van der Waals surface area contributed by atoms with Crippen molar-refractivity contribution in [2.24, 2.45) is 5.92 Å². The number of hydrogen-bond acceptors (Lipinski definition) is 5. The fourth-order valence-corrected chi connectivity index (χ4v) is 2.77. The third-order valence-corrected chi connectivity index (χ3v) is 4.47. The molecule has 2 rings (SSSR count). The van der Waals surface area contributed by atoms with Gasteiger partial charge in [-0.25, -0.2) is 0 Å². The standard InChI is InChI=1S/C16H18N2O3S/c1-16(11-17,12-7-8-12)18-14(19)9-21-15(20)10-22-13-5-3-2-4-6-13/h2-6,12H,7-10H2,1H3,(H,18,19)/t16-/m1/s1. The lowest BCUT2D eigenvalue weighted by atomic mass is 9.98. The van der Waals surface area contributed by atoms with Crippen molar-refractivity contribution < 1.29 is 14.3 Å². The van der Waals surface area contributed by atoms with Gasteiger partial charge in [0.25, 0.3) is 5.91 Å². The maximum atomic E-state index is 11.8. The van der Waals surface area contributed by atoms with Crippen LogP contribution in [0.3, 0.4) is 0 Å². The van der Waals surface area contributed by atoms with Crippen LogP contribution in [0.15, 0.2) is 35.2 Å². The Hall–Kier alpha value is -2.00. The summed E-state index contributed by atoms with van der Waals surface area (Å²) in [6.45, 7) is 1.35. The number of nitrogens with zero attached hydrogens (tertiary/aromatic N) is 1. The molecule has 0 saturated heterocycles. The fraction of sp³-hybridized carbons (Fsp3) is 0.438. The molecule has 1 saturated carbocycles. The van der Waals surface area contributed by atoms with Gasteiger partial charge in [-0.05, 0) is 37.8 Å². The summed E-state index contributed by atoms with van der Waals surface area (Å²) < 4.78 is 4.93. The summed E-state index contributed by atoms with van der Waals surface area (Å²) in [6.07, 6.45) is 1.88. The van der Waals surface area contributed by atoms with Crippen molar-refractivity contribution in [2.45, 2.75) is 30.2 Å². The molecule has 22 heavy (non-hydrogen) atoms. The van der Waals surface area contributed by atoms with Gasteiger partial charge in [-0.1, -0.05) is 18.2 Å². The largest absolute Gasteiger partial charge is 0.455 e. The number of ether oxygens (including phenoxy) is 1. The van der Waals surface area contributed by atoms with Crippen LogP contribution in [0.4, 0.5) is 0 Å². The Bertz CT molecular complexity index is 581. The lowest BCUT2D eigenvalue weighted by Gasteiger charge is -2.22. The minimum atomic E-state index is -0.859. The minimum absolute atomic E-state index is 0.148. The highest BCUT2D eigenvalue weighted by Crippen LogP contribution is 2.39. The molecule has 116 valence electrons. The van der Waals surface area contributed by atoms with Crippen molar-refractivity contribution in [3.63, 3.8) is 0 Å². The Kier molecular flexibility index (Phi) is 5.45. The van der Waals surface area contributed by atoms with E-state index in [2.05, 4.69) is 11.4 Å². The molecule has 1 aromatic rings. The van der Waals surface area contributed by atoms with E-state index in [1.807, 2.05) is 30.3 Å². The van der Waals surface area contributed by atoms with E-state index in [9.17, 15) is 9.59 Å². The highest BCUT2D eigenvalue weighted by atomic mass is 32.2. The monoisotopic (exact) mass is 318 g/mol. The van der Waals surface area contributed by atoms with Crippen molar-refractivity contribution in [1.82, 2.24) is 5.32 Å². The molecule has 1 aliphatic carbocycles. The number of carbonyl (C=O) groups is 2. The number of benzene rings is 1. The summed E-state index contributed by atoms with van der Waals surface area (Å²) in [5.41, 5.74) is -0.859. The van der Waals surface area contributed by atoms with Gasteiger partial charge in [0.15, 0.2) is 6.61 Å². The van der Waals surface area contributed by atoms with Crippen molar-refractivity contribution in [3.05, 3.63) is 30.3 Å². The highest BCUT2D eigenvalue weighted by molar-refractivity contribution is 8.00. The van der Waals surface area contributed by atoms with Crippen LogP contribution in [0, 0.1) is 17.2 Å². The molecule has 0 spiro atoms. The second-order valence-electron chi connectivity index (χ2n) is 5.40. The number of thioether (sulfide) groups is 1. The molecule has 1 N–H and O–H groups in total. The quantitative estimate of drug-likeness (QED) is 0.615. The topological polar surface area (TPSA) is 79.2 Å². The Morgan fingerprint density at radius 1 is 1.41 bits per heavy atom. The SMILES string of the molecule is C[C@](C#N)(NC(=O)COC(=O)CSc1ccccc1)C1CC1. The van der Waals surface area contributed by atoms with E-state index in [1.165, 1.54) is 11.8 Å². The number of rotatable bonds is 7. The van der Waals surface area contributed by atoms with Crippen molar-refractivity contribution in [3.8, 4) is 6.07 Å². The molecule has 6 heteroatoms. The summed E-state index contributed by atoms with van der Waals surface area (Å²) in [5, 5.41) is 11.8. The maximum Gasteiger partial charge on any atom is 0.316 e. The van der Waals surface area contributed by atoms with E-state index < -0.39 is 17.4 Å². The van der Waals surface area contributed by atoms with Gasteiger partial charge in [-0.3, -0.25) is 9.59 Å². The van der Waals surface area contributed by atoms with Crippen LogP contribution in [-0.2, 0) is 14.3 Å². The molecule has 5 nitrogen and oxygen atoms in total. The zero-order valence-corrected chi connectivity index (χ0v) is 13.2. The predicted octanol–water partition coefficient (Wildman–Crippen LogP) is 2.13. The predicted molar refractivity (Wildman–Crippen MR) is 83.0 cm³/mol. The first-order valence-electron chi connectivity index (χ1n) is 7.09. The number of amides is 1. The van der Waals surface area contributed by atoms with Gasteiger partial charge in [0.1, 0.15) is 5.54 Å². The first-order chi connectivity index (χ1) is 10.5. The third-order valence-electron chi connectivity index (χ3n) is 3.49. The van der Waals surface area contributed by atoms with E-state index in [1.54, 1.807) is 6.92 Å². The average Bonchev–Trinajstić information content (AvgIpc) is 3.37. The van der Waals surface area contributed by atoms with E-state index >= 15 is 0 Å². The number of esters is 1. The van der Waals surface area contributed by atoms with E-state index in [-0.39, 0.29) is 18.3 Å². The summed E-state index contributed by atoms with van der Waals surface area (Å²) in [6, 6.07) is 11.6. The Morgan fingerprint density at radius 3 is 2.68 bits per heavy atom. The summed E-state index contributed by atoms with van der Waals surface area (Å²) >= 11 is 1.35. The van der Waals surface area contributed by atoms with Crippen LogP contribution in [-0.4, -0.2) is 29.8 Å². The molecular formula is C16H18N2O3S. The number of hydrogen-bond donors (Lipinski definition) is 1. The Balaban J connectivity index is 1.69. The number of nitrogens with one attached hydrogen (secondary N) is 1. The number of carbonyl (C=O) groups excluding carboxylic acids is 2. The molecular weight excluding hydrogens is 300 g/mol. The fourth-order valence-electron chi connectivity index (χ4n) is 2.05. The molecule has 1 fully saturated rings. The zero-order valence-electron chi connectivity index (χ0n) is 12.4. The van der Waals surface area contributed by atoms with Gasteiger partial charge in [-0.15, -0.1) is 11.8 Å². The molecule has 0 heterocycles. The molecule has 0 bridgehead atoms. The maximum absolute atomic E-state index is 11.8. The van der Waals surface area contributed by atoms with Gasteiger partial charge in [0.2, 0.25) is 0 Å². The van der Waals surface area contributed by atoms with Gasteiger partial charge >= 0.3 is 5.97 Å². The van der Waals surface area contributed by atoms with E-state index in [0.29, 0.717) is 0 Å². The molecule has 1 amide bonds. The van der Waals surface area contributed by atoms with Gasteiger partial charge in [0, 0.05) is 4.90 Å². The zero-order chi connectivity index (χ0) is 16.0. The molecule has 1 aromatic carbocycles. The van der Waals surface area contributed by atoms with Crippen LogP contribution in [0.25, 0.3) is 0 Å². The van der Waals surface area contributed by atoms with Crippen LogP contribution >= 0.6 is 11.8 Å². The summed E-state index contributed by atoms with van der Waals surface area (Å²) in [7, 11) is 0. The molecule has 0 radical (unpaired) electrons. The molecule has 0 unspecified atom stereocenters. The Morgan fingerprint density at radius 2 is 2.09 bits per heavy atom. The first-order valence-corrected chi connectivity index (χ1v) is 8.08. The molecule has 0 aliphatic heterocycles. The van der Waals surface area contributed by atoms with Crippen LogP contribution in [0.2, 0.25) is 0 Å². The highest BCUT2D eigenvalue weighted by Gasteiger charge is 2.43. The van der Waals surface area contributed by atoms with Gasteiger partial charge in [0.05, 0.1) is 11.8 Å². The van der Waals surface area contributed by atoms with Crippen LogP contribution < -0.4 is 5.32 Å². The molecule has 1 atom stereocenters. The van der Waals surface area contributed by atoms with Crippen molar-refractivity contribution in [2.75, 3.05) is 12.4 Å². The minimum Gasteiger partial charge on any atom is -0.455 e. The lowest BCUT2D eigenvalue weighted by molar-refractivity contribution is -0.146. The summed E-state index contributed by atoms with van der Waals surface area (Å²) in [4.78, 5) is 24.4.